The molecule has 0 spiro atoms. The lowest BCUT2D eigenvalue weighted by molar-refractivity contribution is 0.0269. The van der Waals surface area contributed by atoms with Crippen molar-refractivity contribution in [2.24, 2.45) is 11.8 Å². The van der Waals surface area contributed by atoms with Gasteiger partial charge in [0.25, 0.3) is 11.8 Å². The van der Waals surface area contributed by atoms with Crippen molar-refractivity contribution in [3.05, 3.63) is 64.7 Å². The van der Waals surface area contributed by atoms with Crippen LogP contribution in [0.25, 0.3) is 0 Å². The summed E-state index contributed by atoms with van der Waals surface area (Å²) in [6.07, 6.45) is -1.13. The standard InChI is InChI=1S/C28H32FN3O5/c1-28(2,3)37-27(35)32-13-19-20(14-32)23(19)31-25(33)16-10-17-22(15-8-6-5-7-9-15)21(12-29)36-24(17)18(11-16)26(34)30-4/h5-11,19-23H,12-14H2,1-4H3,(H,30,34)(H,31,33)/t19?,20?,21-,22+,23?/m0/s1. The summed E-state index contributed by atoms with van der Waals surface area (Å²) in [6.45, 7) is 5.82. The molecule has 196 valence electrons. The van der Waals surface area contributed by atoms with Gasteiger partial charge in [-0.15, -0.1) is 0 Å². The first-order valence-electron chi connectivity index (χ1n) is 12.6. The van der Waals surface area contributed by atoms with Crippen LogP contribution < -0.4 is 15.4 Å². The highest BCUT2D eigenvalue weighted by molar-refractivity contribution is 6.02. The van der Waals surface area contributed by atoms with E-state index in [-0.39, 0.29) is 35.4 Å². The van der Waals surface area contributed by atoms with Crippen LogP contribution in [0, 0.1) is 11.8 Å². The minimum absolute atomic E-state index is 0.0531. The number of benzene rings is 2. The summed E-state index contributed by atoms with van der Waals surface area (Å²) in [5.41, 5.74) is 1.43. The zero-order valence-electron chi connectivity index (χ0n) is 21.4. The van der Waals surface area contributed by atoms with Gasteiger partial charge in [0, 0.05) is 49.1 Å². The number of amides is 3. The molecule has 2 N–H and O–H groups in total. The summed E-state index contributed by atoms with van der Waals surface area (Å²) < 4.78 is 25.4. The monoisotopic (exact) mass is 509 g/mol. The van der Waals surface area contributed by atoms with E-state index in [9.17, 15) is 18.8 Å². The predicted molar refractivity (Wildman–Crippen MR) is 135 cm³/mol. The quantitative estimate of drug-likeness (QED) is 0.643. The maximum atomic E-state index is 14.0. The third kappa shape index (κ3) is 4.74. The fourth-order valence-corrected chi connectivity index (χ4v) is 5.49. The molecule has 2 aromatic rings. The van der Waals surface area contributed by atoms with Crippen molar-refractivity contribution in [2.75, 3.05) is 26.8 Å². The van der Waals surface area contributed by atoms with E-state index in [1.807, 2.05) is 51.1 Å². The van der Waals surface area contributed by atoms with Crippen LogP contribution >= 0.6 is 0 Å². The highest BCUT2D eigenvalue weighted by atomic mass is 19.1. The van der Waals surface area contributed by atoms with E-state index in [1.165, 1.54) is 13.1 Å². The number of piperidine rings is 1. The molecule has 0 aromatic heterocycles. The Morgan fingerprint density at radius 2 is 1.76 bits per heavy atom. The minimum Gasteiger partial charge on any atom is -0.486 e. The molecular formula is C28H32FN3O5. The summed E-state index contributed by atoms with van der Waals surface area (Å²) >= 11 is 0. The van der Waals surface area contributed by atoms with Gasteiger partial charge in [-0.3, -0.25) is 9.59 Å². The van der Waals surface area contributed by atoms with E-state index in [1.54, 1.807) is 11.0 Å². The second-order valence-corrected chi connectivity index (χ2v) is 10.9. The molecule has 2 heterocycles. The fraction of sp³-hybridized carbons (Fsp3) is 0.464. The molecule has 5 rings (SSSR count). The van der Waals surface area contributed by atoms with Gasteiger partial charge >= 0.3 is 6.09 Å². The Morgan fingerprint density at radius 1 is 1.08 bits per heavy atom. The summed E-state index contributed by atoms with van der Waals surface area (Å²) in [7, 11) is 1.50. The van der Waals surface area contributed by atoms with Crippen molar-refractivity contribution in [1.82, 2.24) is 15.5 Å². The number of likely N-dealkylation sites (tertiary alicyclic amines) is 1. The first-order valence-corrected chi connectivity index (χ1v) is 12.6. The second kappa shape index (κ2) is 9.36. The highest BCUT2D eigenvalue weighted by Crippen LogP contribution is 2.47. The molecule has 1 saturated heterocycles. The molecule has 2 aromatic carbocycles. The van der Waals surface area contributed by atoms with Crippen LogP contribution in [0.3, 0.4) is 0 Å². The number of fused-ring (bicyclic) bond motifs is 2. The maximum absolute atomic E-state index is 14.0. The van der Waals surface area contributed by atoms with Crippen LogP contribution in [-0.4, -0.2) is 67.4 Å². The second-order valence-electron chi connectivity index (χ2n) is 10.9. The van der Waals surface area contributed by atoms with Gasteiger partial charge in [0.15, 0.2) is 0 Å². The van der Waals surface area contributed by atoms with Gasteiger partial charge in [-0.05, 0) is 38.5 Å². The van der Waals surface area contributed by atoms with Gasteiger partial charge in [0.2, 0.25) is 0 Å². The lowest BCUT2D eigenvalue weighted by Crippen LogP contribution is -2.40. The lowest BCUT2D eigenvalue weighted by atomic mass is 9.86. The summed E-state index contributed by atoms with van der Waals surface area (Å²) in [4.78, 5) is 40.1. The first kappa shape index (κ1) is 25.0. The Balaban J connectivity index is 1.36. The van der Waals surface area contributed by atoms with Crippen LogP contribution in [-0.2, 0) is 4.74 Å². The number of hydrogen-bond donors (Lipinski definition) is 2. The minimum atomic E-state index is -0.791. The first-order chi connectivity index (χ1) is 17.6. The maximum Gasteiger partial charge on any atom is 0.410 e. The number of ether oxygens (including phenoxy) is 2. The number of carbonyl (C=O) groups excluding carboxylic acids is 3. The Morgan fingerprint density at radius 3 is 2.35 bits per heavy atom. The van der Waals surface area contributed by atoms with E-state index in [2.05, 4.69) is 10.6 Å². The van der Waals surface area contributed by atoms with Crippen LogP contribution in [0.4, 0.5) is 9.18 Å². The number of halogens is 1. The number of nitrogens with zero attached hydrogens (tertiary/aromatic N) is 1. The van der Waals surface area contributed by atoms with Crippen LogP contribution in [0.15, 0.2) is 42.5 Å². The van der Waals surface area contributed by atoms with Crippen molar-refractivity contribution in [1.29, 1.82) is 0 Å². The molecule has 0 radical (unpaired) electrons. The Kier molecular flexibility index (Phi) is 6.33. The van der Waals surface area contributed by atoms with Crippen molar-refractivity contribution in [3.63, 3.8) is 0 Å². The van der Waals surface area contributed by atoms with Crippen molar-refractivity contribution >= 4 is 17.9 Å². The SMILES string of the molecule is CNC(=O)c1cc(C(=O)NC2C3CN(C(=O)OC(C)(C)C)CC32)cc2c1O[C@@H](CF)[C@@H]2c1ccccc1. The van der Waals surface area contributed by atoms with Gasteiger partial charge < -0.3 is 25.0 Å². The van der Waals surface area contributed by atoms with Gasteiger partial charge in [0.1, 0.15) is 24.1 Å². The molecule has 0 bridgehead atoms. The number of alkyl halides is 1. The summed E-state index contributed by atoms with van der Waals surface area (Å²) in [5, 5.41) is 5.66. The summed E-state index contributed by atoms with van der Waals surface area (Å²) in [5.74, 6) is -0.523. The molecule has 2 aliphatic heterocycles. The van der Waals surface area contributed by atoms with Gasteiger partial charge in [-0.2, -0.15) is 0 Å². The van der Waals surface area contributed by atoms with E-state index < -0.39 is 30.2 Å². The summed E-state index contributed by atoms with van der Waals surface area (Å²) in [6, 6.07) is 12.5. The molecule has 9 heteroatoms. The highest BCUT2D eigenvalue weighted by Gasteiger charge is 2.58. The molecule has 2 fully saturated rings. The average molecular weight is 510 g/mol. The Bertz CT molecular complexity index is 1220. The molecular weight excluding hydrogens is 477 g/mol. The van der Waals surface area contributed by atoms with Crippen LogP contribution in [0.2, 0.25) is 0 Å². The van der Waals surface area contributed by atoms with Crippen molar-refractivity contribution in [3.8, 4) is 5.75 Å². The number of hydrogen-bond acceptors (Lipinski definition) is 5. The number of carbonyl (C=O) groups is 3. The molecule has 37 heavy (non-hydrogen) atoms. The topological polar surface area (TPSA) is 97.0 Å². The Hall–Kier alpha value is -3.62. The average Bonchev–Trinajstić information content (AvgIpc) is 3.21. The fourth-order valence-electron chi connectivity index (χ4n) is 5.49. The third-order valence-corrected chi connectivity index (χ3v) is 7.28. The van der Waals surface area contributed by atoms with Gasteiger partial charge in [-0.25, -0.2) is 9.18 Å². The van der Waals surface area contributed by atoms with Crippen LogP contribution in [0.1, 0.15) is 58.5 Å². The molecule has 2 unspecified atom stereocenters. The van der Waals surface area contributed by atoms with E-state index in [4.69, 9.17) is 9.47 Å². The molecule has 3 amide bonds. The van der Waals surface area contributed by atoms with Crippen molar-refractivity contribution in [2.45, 2.75) is 44.4 Å². The van der Waals surface area contributed by atoms with E-state index >= 15 is 0 Å². The van der Waals surface area contributed by atoms with E-state index in [0.29, 0.717) is 30.0 Å². The van der Waals surface area contributed by atoms with Crippen LogP contribution in [0.5, 0.6) is 5.75 Å². The molecule has 4 atom stereocenters. The Labute approximate surface area is 215 Å². The van der Waals surface area contributed by atoms with E-state index in [0.717, 1.165) is 5.56 Å². The number of nitrogens with one attached hydrogen (secondary N) is 2. The zero-order valence-corrected chi connectivity index (χ0v) is 21.4. The zero-order chi connectivity index (χ0) is 26.5. The van der Waals surface area contributed by atoms with Gasteiger partial charge in [0.05, 0.1) is 11.5 Å². The van der Waals surface area contributed by atoms with Crippen molar-refractivity contribution < 1.29 is 28.2 Å². The van der Waals surface area contributed by atoms with Gasteiger partial charge in [-0.1, -0.05) is 30.3 Å². The molecule has 8 nitrogen and oxygen atoms in total. The third-order valence-electron chi connectivity index (χ3n) is 7.28. The predicted octanol–water partition coefficient (Wildman–Crippen LogP) is 3.50. The smallest absolute Gasteiger partial charge is 0.410 e. The largest absolute Gasteiger partial charge is 0.486 e. The molecule has 1 aliphatic carbocycles. The normalized spacial score (nSPS) is 25.5. The lowest BCUT2D eigenvalue weighted by Gasteiger charge is -2.26. The molecule has 3 aliphatic rings. The number of rotatable bonds is 5. The molecule has 1 saturated carbocycles.